The molecule has 3 heterocycles. The van der Waals surface area contributed by atoms with Gasteiger partial charge in [-0.25, -0.2) is 14.4 Å². The highest BCUT2D eigenvalue weighted by atomic mass is 32.1. The van der Waals surface area contributed by atoms with E-state index in [2.05, 4.69) is 20.1 Å². The molecule has 1 atom stereocenters. The van der Waals surface area contributed by atoms with Gasteiger partial charge in [-0.15, -0.1) is 11.3 Å². The Morgan fingerprint density at radius 1 is 1.30 bits per heavy atom. The summed E-state index contributed by atoms with van der Waals surface area (Å²) in [6.45, 7) is 1.85. The van der Waals surface area contributed by atoms with E-state index in [1.54, 1.807) is 5.38 Å². The van der Waals surface area contributed by atoms with E-state index >= 15 is 0 Å². The Balaban J connectivity index is 1.91. The van der Waals surface area contributed by atoms with Crippen LogP contribution in [0.2, 0.25) is 0 Å². The van der Waals surface area contributed by atoms with Gasteiger partial charge in [0.25, 0.3) is 5.89 Å². The van der Waals surface area contributed by atoms with Gasteiger partial charge in [0.1, 0.15) is 22.2 Å². The first-order valence-electron chi connectivity index (χ1n) is 5.80. The molecule has 20 heavy (non-hydrogen) atoms. The average molecular weight is 291 g/mol. The van der Waals surface area contributed by atoms with Crippen molar-refractivity contribution in [2.75, 3.05) is 0 Å². The SMILES string of the molecule is CC(N)c1nc(-c2nc(-c3ccc(F)cn3)no2)cs1. The van der Waals surface area contributed by atoms with Crippen molar-refractivity contribution in [3.05, 3.63) is 34.5 Å². The van der Waals surface area contributed by atoms with Crippen LogP contribution in [0, 0.1) is 5.82 Å². The maximum Gasteiger partial charge on any atom is 0.277 e. The molecule has 6 nitrogen and oxygen atoms in total. The summed E-state index contributed by atoms with van der Waals surface area (Å²) < 4.78 is 17.9. The summed E-state index contributed by atoms with van der Waals surface area (Å²) in [5.74, 6) is 0.156. The van der Waals surface area contributed by atoms with Gasteiger partial charge in [0, 0.05) is 5.38 Å². The zero-order chi connectivity index (χ0) is 14.1. The number of halogens is 1. The van der Waals surface area contributed by atoms with Crippen LogP contribution < -0.4 is 5.73 Å². The molecule has 1 unspecified atom stereocenters. The third kappa shape index (κ3) is 2.43. The summed E-state index contributed by atoms with van der Waals surface area (Å²) in [6.07, 6.45) is 1.10. The third-order valence-electron chi connectivity index (χ3n) is 2.51. The maximum atomic E-state index is 12.8. The first-order valence-corrected chi connectivity index (χ1v) is 6.68. The van der Waals surface area contributed by atoms with Gasteiger partial charge in [-0.3, -0.25) is 0 Å². The fraction of sp³-hybridized carbons (Fsp3) is 0.167. The highest BCUT2D eigenvalue weighted by Gasteiger charge is 2.15. The van der Waals surface area contributed by atoms with E-state index in [1.165, 1.54) is 23.5 Å². The van der Waals surface area contributed by atoms with E-state index in [9.17, 15) is 4.39 Å². The summed E-state index contributed by atoms with van der Waals surface area (Å²) in [7, 11) is 0. The van der Waals surface area contributed by atoms with Gasteiger partial charge in [0.2, 0.25) is 5.82 Å². The van der Waals surface area contributed by atoms with Gasteiger partial charge in [-0.2, -0.15) is 4.98 Å². The zero-order valence-electron chi connectivity index (χ0n) is 10.4. The summed E-state index contributed by atoms with van der Waals surface area (Å²) in [6, 6.07) is 2.63. The molecule has 0 aliphatic carbocycles. The summed E-state index contributed by atoms with van der Waals surface area (Å²) in [5, 5.41) is 6.40. The highest BCUT2D eigenvalue weighted by molar-refractivity contribution is 7.10. The van der Waals surface area contributed by atoms with Crippen LogP contribution in [0.1, 0.15) is 18.0 Å². The van der Waals surface area contributed by atoms with Crippen LogP contribution in [0.3, 0.4) is 0 Å². The van der Waals surface area contributed by atoms with Gasteiger partial charge in [0.05, 0.1) is 12.2 Å². The van der Waals surface area contributed by atoms with Crippen molar-refractivity contribution in [1.82, 2.24) is 20.1 Å². The van der Waals surface area contributed by atoms with E-state index in [1.807, 2.05) is 6.92 Å². The van der Waals surface area contributed by atoms with E-state index in [4.69, 9.17) is 10.3 Å². The maximum absolute atomic E-state index is 12.8. The predicted octanol–water partition coefficient (Wildman–Crippen LogP) is 2.41. The quantitative estimate of drug-likeness (QED) is 0.797. The Kier molecular flexibility index (Phi) is 3.25. The number of nitrogens with zero attached hydrogens (tertiary/aromatic N) is 4. The number of aromatic nitrogens is 4. The van der Waals surface area contributed by atoms with Crippen molar-refractivity contribution in [3.8, 4) is 23.1 Å². The van der Waals surface area contributed by atoms with Crippen LogP contribution in [0.25, 0.3) is 23.1 Å². The molecule has 0 bridgehead atoms. The molecule has 0 saturated carbocycles. The molecule has 3 rings (SSSR count). The lowest BCUT2D eigenvalue weighted by Crippen LogP contribution is -2.03. The molecule has 0 aliphatic rings. The lowest BCUT2D eigenvalue weighted by molar-refractivity contribution is 0.431. The fourth-order valence-electron chi connectivity index (χ4n) is 1.53. The van der Waals surface area contributed by atoms with Crippen molar-refractivity contribution in [2.45, 2.75) is 13.0 Å². The van der Waals surface area contributed by atoms with Crippen molar-refractivity contribution in [2.24, 2.45) is 5.73 Å². The molecule has 0 saturated heterocycles. The highest BCUT2D eigenvalue weighted by Crippen LogP contribution is 2.25. The van der Waals surface area contributed by atoms with Crippen LogP contribution in [0.15, 0.2) is 28.2 Å². The fourth-order valence-corrected chi connectivity index (χ4v) is 2.29. The molecule has 0 aromatic carbocycles. The summed E-state index contributed by atoms with van der Waals surface area (Å²) in [4.78, 5) is 12.4. The normalized spacial score (nSPS) is 12.6. The summed E-state index contributed by atoms with van der Waals surface area (Å²) in [5.41, 5.74) is 6.76. The molecule has 0 radical (unpaired) electrons. The van der Waals surface area contributed by atoms with Crippen molar-refractivity contribution in [1.29, 1.82) is 0 Å². The van der Waals surface area contributed by atoms with Crippen molar-refractivity contribution in [3.63, 3.8) is 0 Å². The Hall–Kier alpha value is -2.19. The van der Waals surface area contributed by atoms with Gasteiger partial charge in [-0.1, -0.05) is 5.16 Å². The van der Waals surface area contributed by atoms with Crippen LogP contribution in [-0.4, -0.2) is 20.1 Å². The van der Waals surface area contributed by atoms with Crippen LogP contribution in [-0.2, 0) is 0 Å². The standard InChI is InChI=1S/C12H10FN5OS/c1-6(14)12-16-9(5-20-12)11-17-10(18-19-11)8-3-2-7(13)4-15-8/h2-6H,14H2,1H3. The van der Waals surface area contributed by atoms with E-state index < -0.39 is 5.82 Å². The van der Waals surface area contributed by atoms with E-state index in [0.717, 1.165) is 11.2 Å². The topological polar surface area (TPSA) is 90.7 Å². The Morgan fingerprint density at radius 2 is 2.15 bits per heavy atom. The first kappa shape index (κ1) is 12.8. The molecule has 2 N–H and O–H groups in total. The lowest BCUT2D eigenvalue weighted by Gasteiger charge is -1.95. The minimum atomic E-state index is -0.418. The number of thiazole rings is 1. The van der Waals surface area contributed by atoms with Crippen LogP contribution in [0.5, 0.6) is 0 Å². The molecular formula is C12H10FN5OS. The Labute approximate surface area is 117 Å². The molecule has 0 amide bonds. The Morgan fingerprint density at radius 3 is 2.80 bits per heavy atom. The second kappa shape index (κ2) is 5.06. The minimum Gasteiger partial charge on any atom is -0.332 e. The molecule has 3 aromatic rings. The van der Waals surface area contributed by atoms with Crippen LogP contribution >= 0.6 is 11.3 Å². The first-order chi connectivity index (χ1) is 9.63. The smallest absolute Gasteiger partial charge is 0.277 e. The van der Waals surface area contributed by atoms with Gasteiger partial charge in [-0.05, 0) is 19.1 Å². The predicted molar refractivity (Wildman–Crippen MR) is 71.2 cm³/mol. The molecule has 0 spiro atoms. The lowest BCUT2D eigenvalue weighted by atomic mass is 10.3. The molecule has 0 fully saturated rings. The second-order valence-electron chi connectivity index (χ2n) is 4.14. The monoisotopic (exact) mass is 291 g/mol. The zero-order valence-corrected chi connectivity index (χ0v) is 11.3. The summed E-state index contributed by atoms with van der Waals surface area (Å²) >= 11 is 1.43. The number of rotatable bonds is 3. The van der Waals surface area contributed by atoms with Gasteiger partial charge in [0.15, 0.2) is 0 Å². The molecule has 0 aliphatic heterocycles. The molecular weight excluding hydrogens is 281 g/mol. The van der Waals surface area contributed by atoms with Crippen LogP contribution in [0.4, 0.5) is 4.39 Å². The largest absolute Gasteiger partial charge is 0.332 e. The molecule has 3 aromatic heterocycles. The van der Waals surface area contributed by atoms with E-state index in [0.29, 0.717) is 11.4 Å². The third-order valence-corrected chi connectivity index (χ3v) is 3.56. The second-order valence-corrected chi connectivity index (χ2v) is 5.03. The minimum absolute atomic E-state index is 0.144. The van der Waals surface area contributed by atoms with Gasteiger partial charge < -0.3 is 10.3 Å². The molecule has 8 heteroatoms. The number of hydrogen-bond acceptors (Lipinski definition) is 7. The number of hydrogen-bond donors (Lipinski definition) is 1. The molecule has 102 valence electrons. The number of nitrogens with two attached hydrogens (primary N) is 1. The Bertz CT molecular complexity index is 722. The van der Waals surface area contributed by atoms with Crippen molar-refractivity contribution < 1.29 is 8.91 Å². The van der Waals surface area contributed by atoms with Gasteiger partial charge >= 0.3 is 0 Å². The average Bonchev–Trinajstić information content (AvgIpc) is 3.08. The van der Waals surface area contributed by atoms with E-state index in [-0.39, 0.29) is 17.8 Å². The number of pyridine rings is 1. The van der Waals surface area contributed by atoms with Crippen molar-refractivity contribution >= 4 is 11.3 Å².